The normalized spacial score (nSPS) is 11.6. The van der Waals surface area contributed by atoms with Gasteiger partial charge in [0.1, 0.15) is 4.90 Å². The Morgan fingerprint density at radius 3 is 2.33 bits per heavy atom. The van der Waals surface area contributed by atoms with Crippen molar-refractivity contribution >= 4 is 33.2 Å². The van der Waals surface area contributed by atoms with Gasteiger partial charge in [0.15, 0.2) is 0 Å². The summed E-state index contributed by atoms with van der Waals surface area (Å²) in [5.41, 5.74) is 0.576. The predicted molar refractivity (Wildman–Crippen MR) is 90.2 cm³/mol. The van der Waals surface area contributed by atoms with Crippen LogP contribution < -0.4 is 4.72 Å². The molecule has 0 saturated carbocycles. The van der Waals surface area contributed by atoms with E-state index in [0.29, 0.717) is 10.6 Å². The molecule has 0 aliphatic rings. The smallest absolute Gasteiger partial charge is 0.249 e. The number of halogens is 2. The van der Waals surface area contributed by atoms with E-state index in [9.17, 15) is 8.42 Å². The lowest BCUT2D eigenvalue weighted by Crippen LogP contribution is -2.23. The van der Waals surface area contributed by atoms with Crippen molar-refractivity contribution in [3.05, 3.63) is 64.5 Å². The molecule has 0 spiro atoms. The summed E-state index contributed by atoms with van der Waals surface area (Å²) in [6.07, 6.45) is 0. The molecule has 1 heterocycles. The Bertz CT molecular complexity index is 973. The molecule has 0 aliphatic carbocycles. The van der Waals surface area contributed by atoms with Crippen LogP contribution in [0.2, 0.25) is 10.0 Å². The van der Waals surface area contributed by atoms with Gasteiger partial charge in [0.25, 0.3) is 0 Å². The number of benzene rings is 2. The molecule has 0 bridgehead atoms. The second-order valence-electron chi connectivity index (χ2n) is 4.74. The molecule has 0 unspecified atom stereocenters. The number of sulfonamides is 1. The second kappa shape index (κ2) is 6.90. The van der Waals surface area contributed by atoms with Gasteiger partial charge in [0, 0.05) is 0 Å². The summed E-state index contributed by atoms with van der Waals surface area (Å²) in [5.74, 6) is 0.327. The molecule has 0 fully saturated rings. The van der Waals surface area contributed by atoms with Crippen LogP contribution in [0.3, 0.4) is 0 Å². The largest absolute Gasteiger partial charge is 0.419 e. The number of rotatable bonds is 5. The van der Waals surface area contributed by atoms with Gasteiger partial charge in [0.05, 0.1) is 22.2 Å². The van der Waals surface area contributed by atoms with E-state index >= 15 is 0 Å². The van der Waals surface area contributed by atoms with Crippen molar-refractivity contribution < 1.29 is 12.8 Å². The van der Waals surface area contributed by atoms with Gasteiger partial charge in [-0.2, -0.15) is 0 Å². The summed E-state index contributed by atoms with van der Waals surface area (Å²) in [6.45, 7) is -0.162. The fraction of sp³-hybridized carbons (Fsp3) is 0.0667. The van der Waals surface area contributed by atoms with Gasteiger partial charge in [-0.1, -0.05) is 47.5 Å². The van der Waals surface area contributed by atoms with Crippen molar-refractivity contribution in [3.63, 3.8) is 0 Å². The summed E-state index contributed by atoms with van der Waals surface area (Å²) in [7, 11) is -3.79. The number of hydrogen-bond donors (Lipinski definition) is 1. The lowest BCUT2D eigenvalue weighted by molar-refractivity contribution is 0.494. The molecule has 0 aliphatic heterocycles. The molecule has 3 rings (SSSR count). The highest BCUT2D eigenvalue weighted by atomic mass is 35.5. The first-order chi connectivity index (χ1) is 11.5. The number of nitrogens with zero attached hydrogens (tertiary/aromatic N) is 2. The van der Waals surface area contributed by atoms with Crippen molar-refractivity contribution in [2.45, 2.75) is 11.4 Å². The molecule has 3 aromatic rings. The van der Waals surface area contributed by atoms with Crippen LogP contribution in [0.5, 0.6) is 0 Å². The molecule has 2 aromatic carbocycles. The summed E-state index contributed by atoms with van der Waals surface area (Å²) in [6, 6.07) is 13.1. The first-order valence-electron chi connectivity index (χ1n) is 6.79. The molecule has 6 nitrogen and oxygen atoms in total. The van der Waals surface area contributed by atoms with E-state index in [1.165, 1.54) is 12.1 Å². The maximum absolute atomic E-state index is 12.3. The van der Waals surface area contributed by atoms with Gasteiger partial charge in [-0.3, -0.25) is 0 Å². The molecular weight excluding hydrogens is 373 g/mol. The molecule has 24 heavy (non-hydrogen) atoms. The van der Waals surface area contributed by atoms with Gasteiger partial charge in [0.2, 0.25) is 21.8 Å². The highest BCUT2D eigenvalue weighted by Gasteiger charge is 2.19. The zero-order valence-electron chi connectivity index (χ0n) is 12.1. The Hall–Kier alpha value is -1.93. The van der Waals surface area contributed by atoms with Crippen LogP contribution in [-0.4, -0.2) is 18.6 Å². The minimum Gasteiger partial charge on any atom is -0.419 e. The third-order valence-electron chi connectivity index (χ3n) is 3.11. The van der Waals surface area contributed by atoms with Crippen molar-refractivity contribution in [2.75, 3.05) is 0 Å². The maximum atomic E-state index is 12.3. The zero-order chi connectivity index (χ0) is 17.2. The van der Waals surface area contributed by atoms with E-state index in [4.69, 9.17) is 27.6 Å². The molecule has 124 valence electrons. The molecule has 1 aromatic heterocycles. The molecule has 0 saturated heterocycles. The second-order valence-corrected chi connectivity index (χ2v) is 7.29. The summed E-state index contributed by atoms with van der Waals surface area (Å²) >= 11 is 12.0. The fourth-order valence-corrected chi connectivity index (χ4v) is 3.67. The average Bonchev–Trinajstić information content (AvgIpc) is 3.02. The van der Waals surface area contributed by atoms with Gasteiger partial charge in [-0.05, 0) is 24.3 Å². The zero-order valence-corrected chi connectivity index (χ0v) is 14.4. The Morgan fingerprint density at radius 2 is 1.62 bits per heavy atom. The third kappa shape index (κ3) is 3.59. The molecule has 0 radical (unpaired) electrons. The van der Waals surface area contributed by atoms with Crippen LogP contribution in [0.25, 0.3) is 11.5 Å². The highest BCUT2D eigenvalue weighted by Crippen LogP contribution is 2.26. The summed E-state index contributed by atoms with van der Waals surface area (Å²) < 4.78 is 32.3. The van der Waals surface area contributed by atoms with E-state index in [2.05, 4.69) is 14.9 Å². The van der Waals surface area contributed by atoms with Gasteiger partial charge >= 0.3 is 0 Å². The van der Waals surface area contributed by atoms with Gasteiger partial charge < -0.3 is 4.42 Å². The Kier molecular flexibility index (Phi) is 4.86. The summed E-state index contributed by atoms with van der Waals surface area (Å²) in [4.78, 5) is -0.0162. The van der Waals surface area contributed by atoms with Gasteiger partial charge in [-0.25, -0.2) is 13.1 Å². The summed E-state index contributed by atoms with van der Waals surface area (Å²) in [5, 5.41) is 8.29. The van der Waals surface area contributed by atoms with E-state index in [-0.39, 0.29) is 28.2 Å². The number of aromatic nitrogens is 2. The van der Waals surface area contributed by atoms with Crippen molar-refractivity contribution in [1.82, 2.24) is 14.9 Å². The predicted octanol–water partition coefficient (Wildman–Crippen LogP) is 3.52. The van der Waals surface area contributed by atoms with E-state index in [0.717, 1.165) is 0 Å². The quantitative estimate of drug-likeness (QED) is 0.728. The SMILES string of the molecule is O=S(=O)(NCc1nnc(-c2ccccc2Cl)o1)c1ccccc1Cl. The first-order valence-corrected chi connectivity index (χ1v) is 9.03. The molecule has 0 amide bonds. The molecular formula is C15H11Cl2N3O3S. The first kappa shape index (κ1) is 16.9. The monoisotopic (exact) mass is 383 g/mol. The maximum Gasteiger partial charge on any atom is 0.249 e. The van der Waals surface area contributed by atoms with Crippen LogP contribution in [0.15, 0.2) is 57.8 Å². The number of hydrogen-bond acceptors (Lipinski definition) is 5. The Balaban J connectivity index is 1.77. The molecule has 1 N–H and O–H groups in total. The lowest BCUT2D eigenvalue weighted by Gasteiger charge is -2.06. The average molecular weight is 384 g/mol. The highest BCUT2D eigenvalue weighted by molar-refractivity contribution is 7.89. The molecule has 0 atom stereocenters. The topological polar surface area (TPSA) is 85.1 Å². The van der Waals surface area contributed by atoms with Crippen LogP contribution in [0.4, 0.5) is 0 Å². The van der Waals surface area contributed by atoms with Crippen LogP contribution in [-0.2, 0) is 16.6 Å². The Morgan fingerprint density at radius 1 is 0.958 bits per heavy atom. The van der Waals surface area contributed by atoms with Crippen LogP contribution in [0.1, 0.15) is 5.89 Å². The van der Waals surface area contributed by atoms with Crippen molar-refractivity contribution in [2.24, 2.45) is 0 Å². The van der Waals surface area contributed by atoms with Crippen LogP contribution in [0, 0.1) is 0 Å². The minimum atomic E-state index is -3.79. The van der Waals surface area contributed by atoms with E-state index in [1.54, 1.807) is 36.4 Å². The third-order valence-corrected chi connectivity index (χ3v) is 5.34. The fourth-order valence-electron chi connectivity index (χ4n) is 1.97. The lowest BCUT2D eigenvalue weighted by atomic mass is 10.2. The van der Waals surface area contributed by atoms with Crippen molar-refractivity contribution in [3.8, 4) is 11.5 Å². The minimum absolute atomic E-state index is 0.0162. The standard InChI is InChI=1S/C15H11Cl2N3O3S/c16-11-6-2-1-5-10(11)15-20-19-14(23-15)9-18-24(21,22)13-8-4-3-7-12(13)17/h1-8,18H,9H2. The Labute approximate surface area is 148 Å². The van der Waals surface area contributed by atoms with E-state index < -0.39 is 10.0 Å². The van der Waals surface area contributed by atoms with Crippen molar-refractivity contribution in [1.29, 1.82) is 0 Å². The van der Waals surface area contributed by atoms with Crippen LogP contribution >= 0.6 is 23.2 Å². The number of nitrogens with one attached hydrogen (secondary N) is 1. The van der Waals surface area contributed by atoms with Gasteiger partial charge in [-0.15, -0.1) is 10.2 Å². The molecule has 9 heteroatoms. The van der Waals surface area contributed by atoms with E-state index in [1.807, 2.05) is 0 Å².